The minimum Gasteiger partial charge on any atom is -0.460 e. The number of rotatable bonds is 4. The number of para-hydroxylation sites is 1. The van der Waals surface area contributed by atoms with Gasteiger partial charge in [-0.2, -0.15) is 8.78 Å². The molecule has 2 aromatic rings. The normalized spacial score (nSPS) is 17.8. The highest BCUT2D eigenvalue weighted by molar-refractivity contribution is 7.89. The van der Waals surface area contributed by atoms with Gasteiger partial charge in [0.05, 0.1) is 0 Å². The molecule has 2 aromatic carbocycles. The fourth-order valence-corrected chi connectivity index (χ4v) is 3.36. The van der Waals surface area contributed by atoms with Gasteiger partial charge >= 0.3 is 6.61 Å². The number of nitrogens with two attached hydrogens (primary N) is 1. The molecule has 0 spiro atoms. The van der Waals surface area contributed by atoms with Crippen LogP contribution in [0.4, 0.5) is 8.78 Å². The van der Waals surface area contributed by atoms with Gasteiger partial charge in [-0.15, -0.1) is 0 Å². The zero-order chi connectivity index (χ0) is 17.5. The lowest BCUT2D eigenvalue weighted by atomic mass is 9.94. The number of halogens is 2. The number of alkyl halides is 2. The topological polar surface area (TPSA) is 98.9 Å². The van der Waals surface area contributed by atoms with Crippen molar-refractivity contribution in [2.75, 3.05) is 0 Å². The second kappa shape index (κ2) is 6.10. The molecule has 6 nitrogen and oxygen atoms in total. The van der Waals surface area contributed by atoms with Gasteiger partial charge in [-0.25, -0.2) is 13.6 Å². The van der Waals surface area contributed by atoms with E-state index in [1.165, 1.54) is 18.2 Å². The maximum absolute atomic E-state index is 12.5. The molecule has 1 heterocycles. The molecule has 0 bridgehead atoms. The van der Waals surface area contributed by atoms with E-state index in [9.17, 15) is 22.3 Å². The summed E-state index contributed by atoms with van der Waals surface area (Å²) in [4.78, 5) is 0. The van der Waals surface area contributed by atoms with E-state index in [1.54, 1.807) is 24.3 Å². The van der Waals surface area contributed by atoms with Crippen LogP contribution in [0.5, 0.6) is 5.75 Å². The van der Waals surface area contributed by atoms with Gasteiger partial charge in [-0.05, 0) is 23.3 Å². The first-order chi connectivity index (χ1) is 11.3. The molecule has 128 valence electrons. The quantitative estimate of drug-likeness (QED) is 0.874. The summed E-state index contributed by atoms with van der Waals surface area (Å²) in [6.07, 6.45) is -1.37. The third-order valence-corrected chi connectivity index (χ3v) is 4.53. The average molecular weight is 357 g/mol. The highest BCUT2D eigenvalue weighted by atomic mass is 32.2. The van der Waals surface area contributed by atoms with E-state index < -0.39 is 28.4 Å². The molecule has 0 aliphatic carbocycles. The van der Waals surface area contributed by atoms with Crippen molar-refractivity contribution in [2.45, 2.75) is 18.3 Å². The van der Waals surface area contributed by atoms with E-state index in [-0.39, 0.29) is 11.1 Å². The molecule has 2 unspecified atom stereocenters. The summed E-state index contributed by atoms with van der Waals surface area (Å²) in [5, 5.41) is 15.1. The lowest BCUT2D eigenvalue weighted by Gasteiger charge is -2.26. The smallest absolute Gasteiger partial charge is 0.346 e. The predicted molar refractivity (Wildman–Crippen MR) is 80.4 cm³/mol. The Bertz CT molecular complexity index is 872. The second-order valence-electron chi connectivity index (χ2n) is 5.13. The maximum atomic E-state index is 12.5. The molecule has 3 rings (SSSR count). The van der Waals surface area contributed by atoms with Crippen LogP contribution in [0.1, 0.15) is 22.9 Å². The first-order valence-corrected chi connectivity index (χ1v) is 8.41. The van der Waals surface area contributed by atoms with Crippen molar-refractivity contribution in [3.63, 3.8) is 0 Å². The third-order valence-electron chi connectivity index (χ3n) is 3.55. The van der Waals surface area contributed by atoms with E-state index in [1.807, 2.05) is 0 Å². The summed E-state index contributed by atoms with van der Waals surface area (Å²) in [6.45, 7) is -3.33. The number of aliphatic hydroxyl groups excluding tert-OH is 1. The number of fused-ring (bicyclic) bond motifs is 3. The highest BCUT2D eigenvalue weighted by Crippen LogP contribution is 2.42. The lowest BCUT2D eigenvalue weighted by Crippen LogP contribution is -2.26. The third kappa shape index (κ3) is 3.11. The van der Waals surface area contributed by atoms with Crippen molar-refractivity contribution in [2.24, 2.45) is 5.14 Å². The molecular weight excluding hydrogens is 344 g/mol. The van der Waals surface area contributed by atoms with Crippen molar-refractivity contribution in [1.82, 2.24) is 0 Å². The van der Waals surface area contributed by atoms with Crippen LogP contribution in [0, 0.1) is 0 Å². The number of sulfonamides is 1. The molecule has 1 aliphatic heterocycles. The Kier molecular flexibility index (Phi) is 4.26. The molecule has 0 amide bonds. The SMILES string of the molecule is NS(=O)(=O)C(OC(F)F)c1ccc2c(c1)C(O)Oc1ccccc1-2. The first-order valence-electron chi connectivity index (χ1n) is 6.80. The van der Waals surface area contributed by atoms with E-state index in [0.717, 1.165) is 0 Å². The van der Waals surface area contributed by atoms with Crippen molar-refractivity contribution in [3.05, 3.63) is 53.6 Å². The first kappa shape index (κ1) is 16.8. The van der Waals surface area contributed by atoms with Gasteiger partial charge in [0.1, 0.15) is 5.75 Å². The lowest BCUT2D eigenvalue weighted by molar-refractivity contribution is -0.142. The minimum absolute atomic E-state index is 0.126. The van der Waals surface area contributed by atoms with Gasteiger partial charge in [0, 0.05) is 11.1 Å². The van der Waals surface area contributed by atoms with Crippen LogP contribution in [0.15, 0.2) is 42.5 Å². The van der Waals surface area contributed by atoms with Crippen LogP contribution >= 0.6 is 0 Å². The molecule has 1 aliphatic rings. The van der Waals surface area contributed by atoms with E-state index in [2.05, 4.69) is 4.74 Å². The van der Waals surface area contributed by atoms with Crippen molar-refractivity contribution in [1.29, 1.82) is 0 Å². The van der Waals surface area contributed by atoms with Crippen molar-refractivity contribution >= 4 is 10.0 Å². The van der Waals surface area contributed by atoms with Gasteiger partial charge < -0.3 is 9.84 Å². The van der Waals surface area contributed by atoms with Crippen molar-refractivity contribution in [3.8, 4) is 16.9 Å². The molecule has 0 saturated heterocycles. The summed E-state index contributed by atoms with van der Waals surface area (Å²) < 4.78 is 57.6. The van der Waals surface area contributed by atoms with Gasteiger partial charge in [0.15, 0.2) is 0 Å². The predicted octanol–water partition coefficient (Wildman–Crippen LogP) is 2.26. The van der Waals surface area contributed by atoms with Crippen LogP contribution in [0.2, 0.25) is 0 Å². The van der Waals surface area contributed by atoms with Crippen LogP contribution in [0.25, 0.3) is 11.1 Å². The summed E-state index contributed by atoms with van der Waals surface area (Å²) in [5.41, 5.74) is -0.659. The molecule has 0 radical (unpaired) electrons. The molecule has 9 heteroatoms. The Hall–Kier alpha value is -2.07. The molecule has 2 atom stereocenters. The average Bonchev–Trinajstić information content (AvgIpc) is 2.51. The summed E-state index contributed by atoms with van der Waals surface area (Å²) in [5.74, 6) is 0.456. The molecular formula is C15H13F2NO5S. The van der Waals surface area contributed by atoms with Crippen LogP contribution in [-0.4, -0.2) is 20.1 Å². The van der Waals surface area contributed by atoms with Gasteiger partial charge in [-0.3, -0.25) is 4.74 Å². The molecule has 3 N–H and O–H groups in total. The van der Waals surface area contributed by atoms with Crippen LogP contribution in [-0.2, 0) is 14.8 Å². The number of aliphatic hydroxyl groups is 1. The fourth-order valence-electron chi connectivity index (χ4n) is 2.59. The minimum atomic E-state index is -4.44. The summed E-state index contributed by atoms with van der Waals surface area (Å²) >= 11 is 0. The monoisotopic (exact) mass is 357 g/mol. The van der Waals surface area contributed by atoms with Crippen LogP contribution in [0.3, 0.4) is 0 Å². The Labute approximate surface area is 136 Å². The van der Waals surface area contributed by atoms with Gasteiger partial charge in [0.2, 0.25) is 21.7 Å². The maximum Gasteiger partial charge on any atom is 0.346 e. The number of ether oxygens (including phenoxy) is 2. The number of primary sulfonamides is 1. The Balaban J connectivity index is 2.10. The number of hydrogen-bond acceptors (Lipinski definition) is 5. The summed E-state index contributed by atoms with van der Waals surface area (Å²) in [7, 11) is -4.44. The largest absolute Gasteiger partial charge is 0.460 e. The Morgan fingerprint density at radius 3 is 2.54 bits per heavy atom. The van der Waals surface area contributed by atoms with Crippen LogP contribution < -0.4 is 9.88 Å². The Morgan fingerprint density at radius 2 is 1.88 bits per heavy atom. The zero-order valence-electron chi connectivity index (χ0n) is 12.1. The van der Waals surface area contributed by atoms with Crippen molar-refractivity contribution < 1.29 is 31.8 Å². The van der Waals surface area contributed by atoms with E-state index in [0.29, 0.717) is 16.9 Å². The Morgan fingerprint density at radius 1 is 1.17 bits per heavy atom. The fraction of sp³-hybridized carbons (Fsp3) is 0.200. The number of hydrogen-bond donors (Lipinski definition) is 2. The molecule has 0 saturated carbocycles. The molecule has 0 fully saturated rings. The van der Waals surface area contributed by atoms with E-state index in [4.69, 9.17) is 9.88 Å². The standard InChI is InChI=1S/C15H13F2NO5S/c16-15(17)23-14(24(18,20)21)8-5-6-9-10-3-1-2-4-12(10)22-13(19)11(9)7-8/h1-7,13-15,19H,(H2,18,20,21). The number of benzene rings is 2. The molecule has 24 heavy (non-hydrogen) atoms. The molecule has 0 aromatic heterocycles. The van der Waals surface area contributed by atoms with Gasteiger partial charge in [-0.1, -0.05) is 30.3 Å². The second-order valence-corrected chi connectivity index (χ2v) is 6.74. The summed E-state index contributed by atoms with van der Waals surface area (Å²) in [6, 6.07) is 11.0. The highest BCUT2D eigenvalue weighted by Gasteiger charge is 2.31. The zero-order valence-corrected chi connectivity index (χ0v) is 12.9. The van der Waals surface area contributed by atoms with E-state index >= 15 is 0 Å². The van der Waals surface area contributed by atoms with Gasteiger partial charge in [0.25, 0.3) is 0 Å².